The molecule has 5 heteroatoms. The molecule has 1 fully saturated rings. The van der Waals surface area contributed by atoms with Gasteiger partial charge in [-0.2, -0.15) is 0 Å². The van der Waals surface area contributed by atoms with Crippen LogP contribution in [-0.4, -0.2) is 18.5 Å². The summed E-state index contributed by atoms with van der Waals surface area (Å²) in [5, 5.41) is 3.07. The van der Waals surface area contributed by atoms with Gasteiger partial charge in [-0.1, -0.05) is 12.1 Å². The average molecular weight is 423 g/mol. The zero-order valence-electron chi connectivity index (χ0n) is 12.2. The fourth-order valence-electron chi connectivity index (χ4n) is 2.41. The second kappa shape index (κ2) is 9.64. The van der Waals surface area contributed by atoms with Crippen LogP contribution in [0.15, 0.2) is 24.3 Å². The van der Waals surface area contributed by atoms with Gasteiger partial charge in [0, 0.05) is 22.6 Å². The maximum Gasteiger partial charge on any atom is 0.220 e. The van der Waals surface area contributed by atoms with Crippen LogP contribution >= 0.6 is 35.0 Å². The Balaban J connectivity index is 0.00000220. The fraction of sp³-hybridized carbons (Fsp3) is 0.562. The molecule has 1 saturated carbocycles. The Morgan fingerprint density at radius 1 is 1.29 bits per heavy atom. The molecular formula is C16H24ClIN2O. The van der Waals surface area contributed by atoms with Crippen molar-refractivity contribution in [3.8, 4) is 0 Å². The summed E-state index contributed by atoms with van der Waals surface area (Å²) in [7, 11) is 0. The number of rotatable bonds is 8. The highest BCUT2D eigenvalue weighted by Gasteiger charge is 2.30. The summed E-state index contributed by atoms with van der Waals surface area (Å²) >= 11 is 2.31. The van der Waals surface area contributed by atoms with E-state index in [0.29, 0.717) is 18.9 Å². The second-order valence-corrected chi connectivity index (χ2v) is 6.83. The Morgan fingerprint density at radius 3 is 2.52 bits per heavy atom. The molecule has 1 atom stereocenters. The van der Waals surface area contributed by atoms with Crippen LogP contribution in [0.1, 0.15) is 37.7 Å². The molecule has 1 aromatic carbocycles. The number of benzene rings is 1. The summed E-state index contributed by atoms with van der Waals surface area (Å²) in [6.07, 6.45) is 6.11. The molecule has 0 aromatic heterocycles. The van der Waals surface area contributed by atoms with Gasteiger partial charge in [-0.25, -0.2) is 0 Å². The predicted octanol–water partition coefficient (Wildman–Crippen LogP) is 3.28. The zero-order valence-corrected chi connectivity index (χ0v) is 15.2. The number of hydrogen-bond donors (Lipinski definition) is 2. The number of halogens is 2. The molecule has 2 rings (SSSR count). The first kappa shape index (κ1) is 18.7. The van der Waals surface area contributed by atoms with E-state index in [1.54, 1.807) is 0 Å². The van der Waals surface area contributed by atoms with Gasteiger partial charge in [-0.15, -0.1) is 12.4 Å². The molecule has 1 unspecified atom stereocenters. The van der Waals surface area contributed by atoms with Crippen molar-refractivity contribution in [2.24, 2.45) is 11.7 Å². The summed E-state index contributed by atoms with van der Waals surface area (Å²) in [4.78, 5) is 11.8. The Kier molecular flexibility index (Phi) is 8.59. The molecule has 0 radical (unpaired) electrons. The fourth-order valence-corrected chi connectivity index (χ4v) is 2.77. The zero-order chi connectivity index (χ0) is 14.4. The summed E-state index contributed by atoms with van der Waals surface area (Å²) < 4.78 is 1.26. The molecular weight excluding hydrogens is 399 g/mol. The van der Waals surface area contributed by atoms with E-state index in [9.17, 15) is 4.79 Å². The summed E-state index contributed by atoms with van der Waals surface area (Å²) in [5.74, 6) is 0.797. The largest absolute Gasteiger partial charge is 0.352 e. The lowest BCUT2D eigenvalue weighted by Crippen LogP contribution is -2.41. The number of nitrogens with two attached hydrogens (primary N) is 1. The molecule has 1 amide bonds. The third-order valence-electron chi connectivity index (χ3n) is 3.82. The molecule has 0 heterocycles. The van der Waals surface area contributed by atoms with Crippen molar-refractivity contribution >= 4 is 40.9 Å². The minimum Gasteiger partial charge on any atom is -0.352 e. The first-order valence-electron chi connectivity index (χ1n) is 7.43. The molecule has 0 aliphatic heterocycles. The van der Waals surface area contributed by atoms with E-state index in [-0.39, 0.29) is 24.4 Å². The highest BCUT2D eigenvalue weighted by atomic mass is 127. The van der Waals surface area contributed by atoms with Crippen molar-refractivity contribution < 1.29 is 4.79 Å². The van der Waals surface area contributed by atoms with Crippen molar-refractivity contribution in [3.05, 3.63) is 33.4 Å². The number of amides is 1. The minimum absolute atomic E-state index is 0. The third-order valence-corrected chi connectivity index (χ3v) is 4.54. The van der Waals surface area contributed by atoms with Crippen LogP contribution in [0.4, 0.5) is 0 Å². The molecule has 118 valence electrons. The number of aryl methyl sites for hydroxylation is 1. The van der Waals surface area contributed by atoms with Crippen molar-refractivity contribution in [2.75, 3.05) is 6.54 Å². The maximum atomic E-state index is 11.8. The van der Waals surface area contributed by atoms with Gasteiger partial charge < -0.3 is 11.1 Å². The predicted molar refractivity (Wildman–Crippen MR) is 97.7 cm³/mol. The lowest BCUT2D eigenvalue weighted by molar-refractivity contribution is -0.122. The molecule has 3 N–H and O–H groups in total. The van der Waals surface area contributed by atoms with Gasteiger partial charge in [0.05, 0.1) is 0 Å². The van der Waals surface area contributed by atoms with Gasteiger partial charge in [-0.05, 0) is 78.3 Å². The number of nitrogens with one attached hydrogen (secondary N) is 1. The smallest absolute Gasteiger partial charge is 0.220 e. The van der Waals surface area contributed by atoms with Crippen LogP contribution in [0.2, 0.25) is 0 Å². The van der Waals surface area contributed by atoms with Crippen molar-refractivity contribution in [3.63, 3.8) is 0 Å². The molecule has 0 spiro atoms. The van der Waals surface area contributed by atoms with E-state index < -0.39 is 0 Å². The van der Waals surface area contributed by atoms with Crippen LogP contribution in [0.3, 0.4) is 0 Å². The normalized spacial score (nSPS) is 15.1. The number of unbranched alkanes of at least 4 members (excludes halogenated alkanes) is 1. The Morgan fingerprint density at radius 2 is 1.95 bits per heavy atom. The number of carbonyl (C=O) groups excluding carboxylic acids is 1. The first-order valence-corrected chi connectivity index (χ1v) is 8.51. The van der Waals surface area contributed by atoms with E-state index in [0.717, 1.165) is 19.3 Å². The number of carbonyl (C=O) groups is 1. The van der Waals surface area contributed by atoms with Crippen molar-refractivity contribution in [2.45, 2.75) is 44.6 Å². The van der Waals surface area contributed by atoms with Gasteiger partial charge >= 0.3 is 0 Å². The SMILES string of the molecule is Cl.NCC(NC(=O)CCCCc1ccc(I)cc1)C1CC1. The van der Waals surface area contributed by atoms with Crippen LogP contribution in [0.25, 0.3) is 0 Å². The van der Waals surface area contributed by atoms with Crippen LogP contribution in [0.5, 0.6) is 0 Å². The highest BCUT2D eigenvalue weighted by Crippen LogP contribution is 2.32. The quantitative estimate of drug-likeness (QED) is 0.499. The monoisotopic (exact) mass is 422 g/mol. The molecule has 0 bridgehead atoms. The van der Waals surface area contributed by atoms with Gasteiger partial charge in [-0.3, -0.25) is 4.79 Å². The Labute approximate surface area is 147 Å². The molecule has 1 aliphatic carbocycles. The lowest BCUT2D eigenvalue weighted by atomic mass is 10.1. The second-order valence-electron chi connectivity index (χ2n) is 5.58. The highest BCUT2D eigenvalue weighted by molar-refractivity contribution is 14.1. The van der Waals surface area contributed by atoms with Crippen molar-refractivity contribution in [1.29, 1.82) is 0 Å². The van der Waals surface area contributed by atoms with Crippen LogP contribution in [-0.2, 0) is 11.2 Å². The molecule has 1 aliphatic rings. The van der Waals surface area contributed by atoms with Crippen LogP contribution in [0, 0.1) is 9.49 Å². The van der Waals surface area contributed by atoms with E-state index in [1.807, 2.05) is 0 Å². The van der Waals surface area contributed by atoms with Crippen molar-refractivity contribution in [1.82, 2.24) is 5.32 Å². The molecule has 21 heavy (non-hydrogen) atoms. The van der Waals surface area contributed by atoms with Crippen LogP contribution < -0.4 is 11.1 Å². The standard InChI is InChI=1S/C16H23IN2O.ClH/c17-14-9-5-12(6-10-14)3-1-2-4-16(20)19-15(11-18)13-7-8-13;/h5-6,9-10,13,15H,1-4,7-8,11,18H2,(H,19,20);1H. The van der Waals surface area contributed by atoms with E-state index in [1.165, 1.54) is 22.0 Å². The summed E-state index contributed by atoms with van der Waals surface area (Å²) in [5.41, 5.74) is 7.04. The van der Waals surface area contributed by atoms with Gasteiger partial charge in [0.25, 0.3) is 0 Å². The first-order chi connectivity index (χ1) is 9.69. The molecule has 0 saturated heterocycles. The summed E-state index contributed by atoms with van der Waals surface area (Å²) in [6.45, 7) is 0.569. The third kappa shape index (κ3) is 6.98. The van der Waals surface area contributed by atoms with Gasteiger partial charge in [0.15, 0.2) is 0 Å². The minimum atomic E-state index is 0. The Hall–Kier alpha value is -0.330. The number of hydrogen-bond acceptors (Lipinski definition) is 2. The topological polar surface area (TPSA) is 55.1 Å². The van der Waals surface area contributed by atoms with Gasteiger partial charge in [0.2, 0.25) is 5.91 Å². The van der Waals surface area contributed by atoms with E-state index in [4.69, 9.17) is 5.73 Å². The summed E-state index contributed by atoms with van der Waals surface area (Å²) in [6, 6.07) is 8.80. The lowest BCUT2D eigenvalue weighted by Gasteiger charge is -2.15. The molecule has 3 nitrogen and oxygen atoms in total. The average Bonchev–Trinajstić information content (AvgIpc) is 3.27. The Bertz CT molecular complexity index is 434. The maximum absolute atomic E-state index is 11.8. The van der Waals surface area contributed by atoms with E-state index in [2.05, 4.69) is 52.2 Å². The van der Waals surface area contributed by atoms with E-state index >= 15 is 0 Å². The van der Waals surface area contributed by atoms with Gasteiger partial charge in [0.1, 0.15) is 0 Å². The molecule has 1 aromatic rings.